The van der Waals surface area contributed by atoms with Gasteiger partial charge in [-0.2, -0.15) is 0 Å². The zero-order valence-corrected chi connectivity index (χ0v) is 14.8. The summed E-state index contributed by atoms with van der Waals surface area (Å²) in [6, 6.07) is 12.7. The molecule has 6 nitrogen and oxygen atoms in total. The number of amides is 1. The Morgan fingerprint density at radius 3 is 2.64 bits per heavy atom. The Morgan fingerprint density at radius 1 is 1.24 bits per heavy atom. The third-order valence-corrected chi connectivity index (χ3v) is 5.94. The topological polar surface area (TPSA) is 86.7 Å². The van der Waals surface area contributed by atoms with E-state index < -0.39 is 28.2 Å². The zero-order valence-electron chi connectivity index (χ0n) is 14.0. The van der Waals surface area contributed by atoms with Crippen molar-refractivity contribution < 1.29 is 18.3 Å². The summed E-state index contributed by atoms with van der Waals surface area (Å²) >= 11 is 0. The Balaban J connectivity index is 2.09. The van der Waals surface area contributed by atoms with Gasteiger partial charge in [0, 0.05) is 6.42 Å². The van der Waals surface area contributed by atoms with E-state index in [-0.39, 0.29) is 11.3 Å². The Morgan fingerprint density at radius 2 is 1.96 bits per heavy atom. The van der Waals surface area contributed by atoms with Crippen LogP contribution in [0.4, 0.5) is 5.69 Å². The van der Waals surface area contributed by atoms with E-state index in [2.05, 4.69) is 5.32 Å². The van der Waals surface area contributed by atoms with Gasteiger partial charge < -0.3 is 10.4 Å². The van der Waals surface area contributed by atoms with Crippen molar-refractivity contribution >= 4 is 21.6 Å². The molecule has 0 radical (unpaired) electrons. The third kappa shape index (κ3) is 3.25. The van der Waals surface area contributed by atoms with Crippen LogP contribution in [0, 0.1) is 6.92 Å². The molecule has 1 aliphatic heterocycles. The maximum Gasteiger partial charge on any atom is 0.265 e. The van der Waals surface area contributed by atoms with E-state index in [9.17, 15) is 18.3 Å². The maximum atomic E-state index is 13.2. The number of carbonyl (C=O) groups excluding carboxylic acids is 1. The molecule has 2 atom stereocenters. The fourth-order valence-corrected chi connectivity index (χ4v) is 4.80. The van der Waals surface area contributed by atoms with Gasteiger partial charge in [-0.05, 0) is 43.2 Å². The number of nitrogens with zero attached hydrogens (tertiary/aromatic N) is 1. The predicted octanol–water partition coefficient (Wildman–Crippen LogP) is 1.57. The van der Waals surface area contributed by atoms with Crippen LogP contribution in [0.5, 0.6) is 0 Å². The van der Waals surface area contributed by atoms with Crippen molar-refractivity contribution in [1.82, 2.24) is 5.32 Å². The molecule has 2 aromatic rings. The van der Waals surface area contributed by atoms with Crippen LogP contribution in [-0.4, -0.2) is 31.7 Å². The summed E-state index contributed by atoms with van der Waals surface area (Å²) in [5, 5.41) is 11.8. The second kappa shape index (κ2) is 6.50. The summed E-state index contributed by atoms with van der Waals surface area (Å²) < 4.78 is 27.6. The highest BCUT2D eigenvalue weighted by Gasteiger charge is 2.42. The first-order valence-corrected chi connectivity index (χ1v) is 9.42. The van der Waals surface area contributed by atoms with Crippen molar-refractivity contribution in [3.63, 3.8) is 0 Å². The molecule has 0 fully saturated rings. The van der Waals surface area contributed by atoms with E-state index in [4.69, 9.17) is 0 Å². The van der Waals surface area contributed by atoms with E-state index in [0.717, 1.165) is 15.4 Å². The smallest absolute Gasteiger partial charge is 0.265 e. The van der Waals surface area contributed by atoms with Gasteiger partial charge in [-0.3, -0.25) is 9.10 Å². The van der Waals surface area contributed by atoms with Gasteiger partial charge >= 0.3 is 0 Å². The highest BCUT2D eigenvalue weighted by Crippen LogP contribution is 2.36. The minimum Gasteiger partial charge on any atom is -0.374 e. The second-order valence-corrected chi connectivity index (χ2v) is 7.97. The summed E-state index contributed by atoms with van der Waals surface area (Å²) in [7, 11) is -3.91. The molecule has 0 spiro atoms. The number of benzene rings is 2. The molecule has 0 bridgehead atoms. The van der Waals surface area contributed by atoms with Gasteiger partial charge in [-0.25, -0.2) is 8.42 Å². The van der Waals surface area contributed by atoms with Crippen LogP contribution in [0.15, 0.2) is 53.4 Å². The summed E-state index contributed by atoms with van der Waals surface area (Å²) in [6.45, 7) is 3.23. The van der Waals surface area contributed by atoms with Crippen LogP contribution < -0.4 is 9.62 Å². The van der Waals surface area contributed by atoms with Crippen LogP contribution in [0.25, 0.3) is 0 Å². The minimum absolute atomic E-state index is 0.138. The van der Waals surface area contributed by atoms with Gasteiger partial charge in [-0.15, -0.1) is 0 Å². The van der Waals surface area contributed by atoms with Crippen LogP contribution in [-0.2, 0) is 21.2 Å². The second-order valence-electron chi connectivity index (χ2n) is 6.15. The van der Waals surface area contributed by atoms with E-state index in [1.807, 2.05) is 25.1 Å². The largest absolute Gasteiger partial charge is 0.374 e. The molecule has 0 saturated carbocycles. The van der Waals surface area contributed by atoms with Gasteiger partial charge in [0.05, 0.1) is 10.6 Å². The summed E-state index contributed by atoms with van der Waals surface area (Å²) in [4.78, 5) is 12.6. The van der Waals surface area contributed by atoms with Crippen LogP contribution in [0.3, 0.4) is 0 Å². The van der Waals surface area contributed by atoms with E-state index >= 15 is 0 Å². The summed E-state index contributed by atoms with van der Waals surface area (Å²) in [6.07, 6.45) is -0.792. The van der Waals surface area contributed by atoms with E-state index in [1.54, 1.807) is 24.3 Å². The molecule has 2 unspecified atom stereocenters. The number of sulfonamides is 1. The quantitative estimate of drug-likeness (QED) is 0.811. The minimum atomic E-state index is -3.91. The number of anilines is 1. The van der Waals surface area contributed by atoms with Crippen molar-refractivity contribution in [2.24, 2.45) is 0 Å². The molecule has 3 rings (SSSR count). The summed E-state index contributed by atoms with van der Waals surface area (Å²) in [5.41, 5.74) is 2.10. The van der Waals surface area contributed by atoms with Crippen molar-refractivity contribution in [2.45, 2.75) is 37.4 Å². The first kappa shape index (κ1) is 17.4. The predicted molar refractivity (Wildman–Crippen MR) is 94.6 cm³/mol. The number of aryl methyl sites for hydroxylation is 1. The maximum absolute atomic E-state index is 13.2. The lowest BCUT2D eigenvalue weighted by Crippen LogP contribution is -2.50. The highest BCUT2D eigenvalue weighted by molar-refractivity contribution is 7.93. The number of nitrogens with one attached hydrogen (secondary N) is 1. The molecule has 1 heterocycles. The molecule has 132 valence electrons. The number of carbonyl (C=O) groups is 1. The molecule has 0 aromatic heterocycles. The highest BCUT2D eigenvalue weighted by atomic mass is 32.2. The van der Waals surface area contributed by atoms with Gasteiger partial charge in [0.15, 0.2) is 0 Å². The molecular weight excluding hydrogens is 340 g/mol. The van der Waals surface area contributed by atoms with Gasteiger partial charge in [0.1, 0.15) is 12.3 Å². The number of para-hydroxylation sites is 1. The zero-order chi connectivity index (χ0) is 18.2. The molecule has 0 saturated heterocycles. The SMILES string of the molecule is Cc1cccc(S(=O)(=O)N2c3ccccc3CC2C(=O)NC(C)O)c1. The fourth-order valence-electron chi connectivity index (χ4n) is 3.05. The number of hydrogen-bond donors (Lipinski definition) is 2. The van der Waals surface area contributed by atoms with Crippen LogP contribution in [0.2, 0.25) is 0 Å². The average molecular weight is 360 g/mol. The number of fused-ring (bicyclic) bond motifs is 1. The monoisotopic (exact) mass is 360 g/mol. The lowest BCUT2D eigenvalue weighted by Gasteiger charge is -2.26. The standard InChI is InChI=1S/C18H20N2O4S/c1-12-6-5-8-15(10-12)25(23,24)20-16-9-4-3-7-14(16)11-17(20)18(22)19-13(2)21/h3-10,13,17,21H,11H2,1-2H3,(H,19,22). The molecular formula is C18H20N2O4S. The van der Waals surface area contributed by atoms with E-state index in [0.29, 0.717) is 5.69 Å². The third-order valence-electron chi connectivity index (χ3n) is 4.13. The van der Waals surface area contributed by atoms with Crippen molar-refractivity contribution in [2.75, 3.05) is 4.31 Å². The number of aliphatic hydroxyl groups excluding tert-OH is 1. The lowest BCUT2D eigenvalue weighted by atomic mass is 10.1. The molecule has 2 aromatic carbocycles. The average Bonchev–Trinajstić information content (AvgIpc) is 2.94. The van der Waals surface area contributed by atoms with Crippen molar-refractivity contribution in [3.05, 3.63) is 59.7 Å². The summed E-state index contributed by atoms with van der Waals surface area (Å²) in [5.74, 6) is -0.526. The van der Waals surface area contributed by atoms with Crippen LogP contribution >= 0.6 is 0 Å². The molecule has 2 N–H and O–H groups in total. The molecule has 1 amide bonds. The van der Waals surface area contributed by atoms with Crippen molar-refractivity contribution in [3.8, 4) is 0 Å². The van der Waals surface area contributed by atoms with Gasteiger partial charge in [0.2, 0.25) is 5.91 Å². The normalized spacial score (nSPS) is 17.9. The van der Waals surface area contributed by atoms with Gasteiger partial charge in [-0.1, -0.05) is 30.3 Å². The Hall–Kier alpha value is -2.38. The lowest BCUT2D eigenvalue weighted by molar-refractivity contribution is -0.124. The number of rotatable bonds is 4. The number of hydrogen-bond acceptors (Lipinski definition) is 4. The Kier molecular flexibility index (Phi) is 4.53. The Bertz CT molecular complexity index is 909. The molecule has 7 heteroatoms. The number of aliphatic hydroxyl groups is 1. The van der Waals surface area contributed by atoms with Crippen LogP contribution in [0.1, 0.15) is 18.1 Å². The Labute approximate surface area is 147 Å². The molecule has 0 aliphatic carbocycles. The molecule has 1 aliphatic rings. The van der Waals surface area contributed by atoms with E-state index in [1.165, 1.54) is 13.0 Å². The van der Waals surface area contributed by atoms with Gasteiger partial charge in [0.25, 0.3) is 10.0 Å². The van der Waals surface area contributed by atoms with Crippen molar-refractivity contribution in [1.29, 1.82) is 0 Å². The first-order chi connectivity index (χ1) is 11.8. The molecule has 25 heavy (non-hydrogen) atoms. The fraction of sp³-hybridized carbons (Fsp3) is 0.278. The first-order valence-electron chi connectivity index (χ1n) is 7.98.